The van der Waals surface area contributed by atoms with E-state index in [-0.39, 0.29) is 0 Å². The van der Waals surface area contributed by atoms with Crippen molar-refractivity contribution >= 4 is 21.7 Å². The van der Waals surface area contributed by atoms with Crippen molar-refractivity contribution in [1.29, 1.82) is 0 Å². The van der Waals surface area contributed by atoms with Crippen LogP contribution in [0.4, 0.5) is 5.82 Å². The Hall–Kier alpha value is -1.46. The van der Waals surface area contributed by atoms with E-state index in [1.165, 1.54) is 5.56 Å². The molecular formula is C16H19BrN4. The van der Waals surface area contributed by atoms with Crippen LogP contribution < -0.4 is 4.90 Å². The smallest absolute Gasteiger partial charge is 0.146 e. The minimum atomic E-state index is 0.501. The lowest BCUT2D eigenvalue weighted by Gasteiger charge is -2.40. The predicted molar refractivity (Wildman–Crippen MR) is 88.3 cm³/mol. The monoisotopic (exact) mass is 346 g/mol. The van der Waals surface area contributed by atoms with Crippen molar-refractivity contribution in [3.8, 4) is 0 Å². The van der Waals surface area contributed by atoms with Crippen LogP contribution in [0.25, 0.3) is 0 Å². The molecule has 1 unspecified atom stereocenters. The molecule has 5 heteroatoms. The summed E-state index contributed by atoms with van der Waals surface area (Å²) in [7, 11) is 0. The van der Waals surface area contributed by atoms with E-state index >= 15 is 0 Å². The van der Waals surface area contributed by atoms with E-state index in [1.807, 2.05) is 6.20 Å². The molecule has 2 aromatic rings. The minimum absolute atomic E-state index is 0.501. The van der Waals surface area contributed by atoms with Crippen molar-refractivity contribution in [3.63, 3.8) is 0 Å². The Morgan fingerprint density at radius 1 is 1.24 bits per heavy atom. The van der Waals surface area contributed by atoms with Crippen molar-refractivity contribution in [2.24, 2.45) is 0 Å². The van der Waals surface area contributed by atoms with Crippen molar-refractivity contribution in [2.45, 2.75) is 19.5 Å². The van der Waals surface area contributed by atoms with Crippen molar-refractivity contribution in [1.82, 2.24) is 14.9 Å². The highest BCUT2D eigenvalue weighted by Gasteiger charge is 2.25. The molecule has 21 heavy (non-hydrogen) atoms. The number of anilines is 1. The molecule has 0 bridgehead atoms. The number of hydrogen-bond acceptors (Lipinski definition) is 4. The first-order valence-electron chi connectivity index (χ1n) is 7.22. The van der Waals surface area contributed by atoms with Gasteiger partial charge in [0.1, 0.15) is 12.1 Å². The van der Waals surface area contributed by atoms with Crippen molar-refractivity contribution < 1.29 is 0 Å². The van der Waals surface area contributed by atoms with Gasteiger partial charge in [0.2, 0.25) is 0 Å². The molecule has 0 amide bonds. The van der Waals surface area contributed by atoms with E-state index in [4.69, 9.17) is 0 Å². The summed E-state index contributed by atoms with van der Waals surface area (Å²) in [5.41, 5.74) is 1.38. The van der Waals surface area contributed by atoms with Gasteiger partial charge in [-0.15, -0.1) is 0 Å². The molecule has 0 aliphatic carbocycles. The standard InChI is InChI=1S/C16H19BrN4/c1-13-10-21(16-15(17)9-18-12-19-16)8-7-20(13)11-14-5-3-2-4-6-14/h2-6,9,12-13H,7-8,10-11H2,1H3. The third kappa shape index (κ3) is 3.41. The van der Waals surface area contributed by atoms with Gasteiger partial charge in [-0.2, -0.15) is 0 Å². The molecule has 1 aliphatic rings. The van der Waals surface area contributed by atoms with Crippen LogP contribution in [0.15, 0.2) is 47.3 Å². The van der Waals surface area contributed by atoms with Crippen LogP contribution >= 0.6 is 15.9 Å². The van der Waals surface area contributed by atoms with E-state index < -0.39 is 0 Å². The molecule has 1 atom stereocenters. The average Bonchev–Trinajstić information content (AvgIpc) is 2.51. The molecule has 2 heterocycles. The molecule has 0 radical (unpaired) electrons. The number of aromatic nitrogens is 2. The van der Waals surface area contributed by atoms with Gasteiger partial charge in [0.15, 0.2) is 0 Å². The summed E-state index contributed by atoms with van der Waals surface area (Å²) in [6, 6.07) is 11.2. The van der Waals surface area contributed by atoms with Gasteiger partial charge in [0, 0.05) is 38.4 Å². The second-order valence-corrected chi connectivity index (χ2v) is 6.30. The lowest BCUT2D eigenvalue weighted by atomic mass is 10.1. The maximum atomic E-state index is 4.39. The molecule has 1 fully saturated rings. The molecular weight excluding hydrogens is 328 g/mol. The van der Waals surface area contributed by atoms with Gasteiger partial charge in [-0.3, -0.25) is 4.90 Å². The van der Waals surface area contributed by atoms with Gasteiger partial charge in [0.05, 0.1) is 4.47 Å². The van der Waals surface area contributed by atoms with Crippen LogP contribution in [0.3, 0.4) is 0 Å². The van der Waals surface area contributed by atoms with E-state index in [0.29, 0.717) is 6.04 Å². The average molecular weight is 347 g/mol. The minimum Gasteiger partial charge on any atom is -0.353 e. The first kappa shape index (κ1) is 14.5. The highest BCUT2D eigenvalue weighted by atomic mass is 79.9. The first-order valence-corrected chi connectivity index (χ1v) is 8.02. The predicted octanol–water partition coefficient (Wildman–Crippen LogP) is 2.95. The number of halogens is 1. The molecule has 110 valence electrons. The molecule has 1 aromatic heterocycles. The summed E-state index contributed by atoms with van der Waals surface area (Å²) in [6.45, 7) is 6.33. The van der Waals surface area contributed by atoms with Crippen LogP contribution in [-0.2, 0) is 6.54 Å². The third-order valence-corrected chi connectivity index (χ3v) is 4.50. The van der Waals surface area contributed by atoms with Gasteiger partial charge in [0.25, 0.3) is 0 Å². The van der Waals surface area contributed by atoms with Crippen molar-refractivity contribution in [2.75, 3.05) is 24.5 Å². The van der Waals surface area contributed by atoms with Crippen LogP contribution in [0.1, 0.15) is 12.5 Å². The zero-order chi connectivity index (χ0) is 14.7. The van der Waals surface area contributed by atoms with E-state index in [9.17, 15) is 0 Å². The van der Waals surface area contributed by atoms with Gasteiger partial charge in [-0.1, -0.05) is 30.3 Å². The number of nitrogens with zero attached hydrogens (tertiary/aromatic N) is 4. The zero-order valence-electron chi connectivity index (χ0n) is 12.1. The van der Waals surface area contributed by atoms with E-state index in [2.05, 4.69) is 73.0 Å². The Kier molecular flexibility index (Phi) is 4.51. The van der Waals surface area contributed by atoms with E-state index in [1.54, 1.807) is 6.33 Å². The molecule has 0 N–H and O–H groups in total. The van der Waals surface area contributed by atoms with Gasteiger partial charge in [-0.05, 0) is 28.4 Å². The van der Waals surface area contributed by atoms with Crippen LogP contribution in [0.5, 0.6) is 0 Å². The molecule has 0 saturated carbocycles. The van der Waals surface area contributed by atoms with E-state index in [0.717, 1.165) is 36.5 Å². The van der Waals surface area contributed by atoms with Crippen LogP contribution in [-0.4, -0.2) is 40.5 Å². The number of rotatable bonds is 3. The number of piperazine rings is 1. The quantitative estimate of drug-likeness (QED) is 0.855. The van der Waals surface area contributed by atoms with Gasteiger partial charge < -0.3 is 4.90 Å². The Morgan fingerprint density at radius 3 is 2.76 bits per heavy atom. The Morgan fingerprint density at radius 2 is 2.05 bits per heavy atom. The highest BCUT2D eigenvalue weighted by Crippen LogP contribution is 2.25. The fraction of sp³-hybridized carbons (Fsp3) is 0.375. The Labute approximate surface area is 133 Å². The SMILES string of the molecule is CC1CN(c2ncncc2Br)CCN1Cc1ccccc1. The molecule has 0 spiro atoms. The molecule has 3 rings (SSSR count). The Bertz CT molecular complexity index is 590. The molecule has 1 aromatic carbocycles. The van der Waals surface area contributed by atoms with Crippen LogP contribution in [0, 0.1) is 0 Å². The zero-order valence-corrected chi connectivity index (χ0v) is 13.7. The lowest BCUT2D eigenvalue weighted by molar-refractivity contribution is 0.180. The topological polar surface area (TPSA) is 32.3 Å². The maximum absolute atomic E-state index is 4.39. The largest absolute Gasteiger partial charge is 0.353 e. The second kappa shape index (κ2) is 6.54. The molecule has 4 nitrogen and oxygen atoms in total. The first-order chi connectivity index (χ1) is 10.2. The number of hydrogen-bond donors (Lipinski definition) is 0. The maximum Gasteiger partial charge on any atom is 0.146 e. The molecule has 1 aliphatic heterocycles. The number of benzene rings is 1. The summed E-state index contributed by atoms with van der Waals surface area (Å²) >= 11 is 3.54. The normalized spacial score (nSPS) is 19.7. The summed E-state index contributed by atoms with van der Waals surface area (Å²) in [5, 5.41) is 0. The van der Waals surface area contributed by atoms with Crippen molar-refractivity contribution in [3.05, 3.63) is 52.9 Å². The summed E-state index contributed by atoms with van der Waals surface area (Å²) in [5.74, 6) is 0.996. The third-order valence-electron chi connectivity index (χ3n) is 3.94. The highest BCUT2D eigenvalue weighted by molar-refractivity contribution is 9.10. The summed E-state index contributed by atoms with van der Waals surface area (Å²) in [6.07, 6.45) is 3.42. The summed E-state index contributed by atoms with van der Waals surface area (Å²) < 4.78 is 0.966. The van der Waals surface area contributed by atoms with Crippen LogP contribution in [0.2, 0.25) is 0 Å². The van der Waals surface area contributed by atoms with Gasteiger partial charge in [-0.25, -0.2) is 9.97 Å². The Balaban J connectivity index is 1.66. The lowest BCUT2D eigenvalue weighted by Crippen LogP contribution is -2.51. The van der Waals surface area contributed by atoms with Gasteiger partial charge >= 0.3 is 0 Å². The fourth-order valence-corrected chi connectivity index (χ4v) is 3.25. The summed E-state index contributed by atoms with van der Waals surface area (Å²) in [4.78, 5) is 13.3. The second-order valence-electron chi connectivity index (χ2n) is 5.45. The molecule has 1 saturated heterocycles. The fourth-order valence-electron chi connectivity index (χ4n) is 2.78.